The van der Waals surface area contributed by atoms with Gasteiger partial charge in [0.15, 0.2) is 5.78 Å². The van der Waals surface area contributed by atoms with Crippen molar-refractivity contribution in [2.24, 2.45) is 17.6 Å². The van der Waals surface area contributed by atoms with Crippen LogP contribution >= 0.6 is 0 Å². The van der Waals surface area contributed by atoms with Crippen LogP contribution in [0, 0.1) is 11.8 Å². The molecule has 0 aromatic rings. The van der Waals surface area contributed by atoms with Gasteiger partial charge >= 0.3 is 0 Å². The number of nitrogens with zero attached hydrogens (tertiary/aromatic N) is 3. The Kier molecular flexibility index (Phi) is 7.50. The molecule has 34 heavy (non-hydrogen) atoms. The second-order valence-corrected chi connectivity index (χ2v) is 10.8. The summed E-state index contributed by atoms with van der Waals surface area (Å²) in [5.41, 5.74) is 9.29. The highest BCUT2D eigenvalue weighted by Crippen LogP contribution is 2.28. The highest BCUT2D eigenvalue weighted by atomic mass is 19.1. The Morgan fingerprint density at radius 1 is 1.09 bits per heavy atom. The van der Waals surface area contributed by atoms with Crippen molar-refractivity contribution < 1.29 is 14.0 Å². The van der Waals surface area contributed by atoms with Gasteiger partial charge in [0.2, 0.25) is 5.91 Å². The third kappa shape index (κ3) is 4.88. The molecular weight excluding hydrogens is 439 g/mol. The van der Waals surface area contributed by atoms with Crippen LogP contribution in [0.25, 0.3) is 0 Å². The third-order valence-electron chi connectivity index (χ3n) is 8.65. The average Bonchev–Trinajstić information content (AvgIpc) is 3.40. The first kappa shape index (κ1) is 24.5. The van der Waals surface area contributed by atoms with E-state index in [1.165, 1.54) is 0 Å². The number of hydrazine groups is 1. The summed E-state index contributed by atoms with van der Waals surface area (Å²) in [6.45, 7) is 4.90. The molecule has 7 atom stereocenters. The lowest BCUT2D eigenvalue weighted by Crippen LogP contribution is -2.64. The lowest BCUT2D eigenvalue weighted by Gasteiger charge is -2.44. The maximum absolute atomic E-state index is 13.8. The van der Waals surface area contributed by atoms with Crippen molar-refractivity contribution >= 4 is 11.7 Å². The number of likely N-dealkylation sites (N-methyl/N-ethyl adjacent to an activating group) is 1. The third-order valence-corrected chi connectivity index (χ3v) is 8.65. The number of hydrogen-bond acceptors (Lipinski definition) is 9. The number of carbonyl (C=O) groups excluding carboxylic acids is 2. The minimum Gasteiger partial charge on any atom is -0.350 e. The zero-order valence-corrected chi connectivity index (χ0v) is 20.2. The van der Waals surface area contributed by atoms with Crippen LogP contribution in [-0.2, 0) is 9.59 Å². The molecule has 5 aliphatic heterocycles. The second kappa shape index (κ2) is 10.4. The van der Waals surface area contributed by atoms with E-state index < -0.39 is 18.3 Å². The van der Waals surface area contributed by atoms with Crippen LogP contribution < -0.4 is 27.1 Å². The van der Waals surface area contributed by atoms with E-state index >= 15 is 0 Å². The quantitative estimate of drug-likeness (QED) is 0.311. The number of carbonyl (C=O) groups is 2. The zero-order valence-electron chi connectivity index (χ0n) is 20.2. The molecule has 5 rings (SSSR count). The molecule has 6 unspecified atom stereocenters. The molecule has 0 bridgehead atoms. The van der Waals surface area contributed by atoms with E-state index in [0.29, 0.717) is 12.3 Å². The predicted molar refractivity (Wildman–Crippen MR) is 126 cm³/mol. The number of halogens is 1. The van der Waals surface area contributed by atoms with Gasteiger partial charge in [-0.2, -0.15) is 0 Å². The SMILES string of the molecule is CN1CCC[C@H]1C(=O)C1CCN(C2CCNCC2NC(=O)C2C(N)NN3CC(F)CNC23)CC1. The van der Waals surface area contributed by atoms with Crippen LogP contribution in [-0.4, -0.2) is 116 Å². The first-order valence-electron chi connectivity index (χ1n) is 13.1. The molecule has 0 aromatic carbocycles. The number of Topliss-reactive ketones (excluding diaryl/α,β-unsaturated/α-hetero) is 1. The summed E-state index contributed by atoms with van der Waals surface area (Å²) in [4.78, 5) is 31.0. The molecule has 0 spiro atoms. The number of nitrogens with one attached hydrogen (secondary N) is 4. The fourth-order valence-electron chi connectivity index (χ4n) is 6.74. The maximum Gasteiger partial charge on any atom is 0.229 e. The number of hydrogen-bond donors (Lipinski definition) is 5. The summed E-state index contributed by atoms with van der Waals surface area (Å²) in [6.07, 6.45) is 3.04. The fraction of sp³-hybridized carbons (Fsp3) is 0.913. The number of amides is 1. The van der Waals surface area contributed by atoms with Crippen LogP contribution in [0.5, 0.6) is 0 Å². The number of alkyl halides is 1. The monoisotopic (exact) mass is 480 g/mol. The van der Waals surface area contributed by atoms with E-state index in [0.717, 1.165) is 58.3 Å². The van der Waals surface area contributed by atoms with Gasteiger partial charge in [0.1, 0.15) is 6.17 Å². The fourth-order valence-corrected chi connectivity index (χ4v) is 6.74. The Bertz CT molecular complexity index is 750. The van der Waals surface area contributed by atoms with E-state index in [9.17, 15) is 14.0 Å². The lowest BCUT2D eigenvalue weighted by atomic mass is 9.86. The van der Waals surface area contributed by atoms with Crippen molar-refractivity contribution in [2.45, 2.75) is 68.7 Å². The minimum absolute atomic E-state index is 0.0202. The molecule has 0 aromatic heterocycles. The van der Waals surface area contributed by atoms with E-state index in [1.54, 1.807) is 5.01 Å². The van der Waals surface area contributed by atoms with Crippen LogP contribution in [0.4, 0.5) is 4.39 Å². The minimum atomic E-state index is -0.978. The van der Waals surface area contributed by atoms with Gasteiger partial charge in [-0.25, -0.2) is 14.8 Å². The van der Waals surface area contributed by atoms with E-state index in [4.69, 9.17) is 5.73 Å². The van der Waals surface area contributed by atoms with Crippen LogP contribution in [0.1, 0.15) is 32.1 Å². The normalized spacial score (nSPS) is 40.9. The summed E-state index contributed by atoms with van der Waals surface area (Å²) in [6, 6.07) is 0.326. The lowest BCUT2D eigenvalue weighted by molar-refractivity contribution is -0.128. The van der Waals surface area contributed by atoms with Gasteiger partial charge in [0.05, 0.1) is 30.3 Å². The van der Waals surface area contributed by atoms with Crippen molar-refractivity contribution in [1.82, 2.24) is 36.2 Å². The molecule has 5 fully saturated rings. The van der Waals surface area contributed by atoms with E-state index in [-0.39, 0.29) is 49.2 Å². The van der Waals surface area contributed by atoms with Gasteiger partial charge in [0, 0.05) is 31.6 Å². The summed E-state index contributed by atoms with van der Waals surface area (Å²) in [7, 11) is 2.07. The summed E-state index contributed by atoms with van der Waals surface area (Å²) >= 11 is 0. The molecule has 0 aliphatic carbocycles. The van der Waals surface area contributed by atoms with Crippen molar-refractivity contribution in [2.75, 3.05) is 52.9 Å². The Hall–Kier alpha value is -1.21. The molecule has 5 aliphatic rings. The number of fused-ring (bicyclic) bond motifs is 1. The molecule has 10 nitrogen and oxygen atoms in total. The van der Waals surface area contributed by atoms with Gasteiger partial charge < -0.3 is 16.4 Å². The number of ketones is 1. The summed E-state index contributed by atoms with van der Waals surface area (Å²) < 4.78 is 13.8. The molecule has 1 amide bonds. The molecule has 5 heterocycles. The molecular formula is C23H41FN8O2. The smallest absolute Gasteiger partial charge is 0.229 e. The number of rotatable bonds is 5. The highest BCUT2D eigenvalue weighted by Gasteiger charge is 2.48. The van der Waals surface area contributed by atoms with Crippen molar-refractivity contribution in [3.63, 3.8) is 0 Å². The standard InChI is InChI=1S/C23H41FN8O2/c1-30-8-2-3-18(30)20(33)14-5-9-31(10-6-14)17-4-7-26-12-16(17)28-23(34)19-21(25)29-32-13-15(24)11-27-22(19)32/h14-19,21-22,26-27,29H,2-13,25H2,1H3,(H,28,34)/t15?,16?,17?,18-,19?,21?,22?/m0/s1. The zero-order chi connectivity index (χ0) is 23.8. The second-order valence-electron chi connectivity index (χ2n) is 10.8. The van der Waals surface area contributed by atoms with Crippen LogP contribution in [0.15, 0.2) is 0 Å². The topological polar surface area (TPSA) is 118 Å². The Morgan fingerprint density at radius 3 is 2.62 bits per heavy atom. The molecule has 0 saturated carbocycles. The Balaban J connectivity index is 1.17. The molecule has 192 valence electrons. The highest BCUT2D eigenvalue weighted by molar-refractivity contribution is 5.86. The molecule has 11 heteroatoms. The first-order valence-corrected chi connectivity index (χ1v) is 13.1. The molecule has 6 N–H and O–H groups in total. The van der Waals surface area contributed by atoms with Crippen molar-refractivity contribution in [3.05, 3.63) is 0 Å². The van der Waals surface area contributed by atoms with Crippen molar-refractivity contribution in [1.29, 1.82) is 0 Å². The Morgan fingerprint density at radius 2 is 1.88 bits per heavy atom. The van der Waals surface area contributed by atoms with Gasteiger partial charge in [-0.1, -0.05) is 0 Å². The van der Waals surface area contributed by atoms with Crippen LogP contribution in [0.3, 0.4) is 0 Å². The van der Waals surface area contributed by atoms with Gasteiger partial charge in [0.25, 0.3) is 0 Å². The van der Waals surface area contributed by atoms with Crippen molar-refractivity contribution in [3.8, 4) is 0 Å². The van der Waals surface area contributed by atoms with Gasteiger partial charge in [-0.05, 0) is 65.3 Å². The average molecular weight is 481 g/mol. The van der Waals surface area contributed by atoms with Crippen LogP contribution in [0.2, 0.25) is 0 Å². The van der Waals surface area contributed by atoms with E-state index in [1.807, 2.05) is 0 Å². The predicted octanol–water partition coefficient (Wildman–Crippen LogP) is -1.80. The maximum atomic E-state index is 13.8. The summed E-state index contributed by atoms with van der Waals surface area (Å²) in [5, 5.41) is 11.5. The largest absolute Gasteiger partial charge is 0.350 e. The van der Waals surface area contributed by atoms with Gasteiger partial charge in [-0.15, -0.1) is 0 Å². The number of nitrogens with two attached hydrogens (primary N) is 1. The Labute approximate surface area is 201 Å². The number of likely N-dealkylation sites (tertiary alicyclic amines) is 2. The van der Waals surface area contributed by atoms with Gasteiger partial charge in [-0.3, -0.25) is 24.7 Å². The summed E-state index contributed by atoms with van der Waals surface area (Å²) in [5.74, 6) is 0.00609. The first-order chi connectivity index (χ1) is 16.4. The molecule has 5 saturated heterocycles. The molecule has 0 radical (unpaired) electrons. The van der Waals surface area contributed by atoms with E-state index in [2.05, 4.69) is 38.2 Å². The number of piperidine rings is 2.